The van der Waals surface area contributed by atoms with Crippen molar-refractivity contribution in [3.63, 3.8) is 0 Å². The van der Waals surface area contributed by atoms with Crippen LogP contribution in [0.3, 0.4) is 0 Å². The third kappa shape index (κ3) is 3.39. The molecule has 0 saturated carbocycles. The van der Waals surface area contributed by atoms with Crippen LogP contribution in [0.4, 0.5) is 5.82 Å². The lowest BCUT2D eigenvalue weighted by molar-refractivity contribution is 0.340. The second-order valence-corrected chi connectivity index (χ2v) is 7.34. The minimum Gasteiger partial charge on any atom is -0.494 e. The fourth-order valence-electron chi connectivity index (χ4n) is 4.07. The van der Waals surface area contributed by atoms with Gasteiger partial charge in [-0.1, -0.05) is 30.3 Å². The Labute approximate surface area is 176 Å². The van der Waals surface area contributed by atoms with Crippen molar-refractivity contribution in [1.82, 2.24) is 19.9 Å². The number of rotatable bonds is 5. The predicted molar refractivity (Wildman–Crippen MR) is 121 cm³/mol. The Kier molecular flexibility index (Phi) is 5.07. The quantitative estimate of drug-likeness (QED) is 0.552. The van der Waals surface area contributed by atoms with E-state index >= 15 is 0 Å². The summed E-state index contributed by atoms with van der Waals surface area (Å²) in [5, 5.41) is 4.52. The highest BCUT2D eigenvalue weighted by molar-refractivity contribution is 6.02. The first-order valence-corrected chi connectivity index (χ1v) is 10.5. The van der Waals surface area contributed by atoms with Crippen LogP contribution in [0, 0.1) is 0 Å². The van der Waals surface area contributed by atoms with Crippen LogP contribution < -0.4 is 15.0 Å². The molecule has 0 radical (unpaired) electrons. The number of ether oxygens (including phenoxy) is 1. The Morgan fingerprint density at radius 2 is 1.73 bits per heavy atom. The Balaban J connectivity index is 1.70. The summed E-state index contributed by atoms with van der Waals surface area (Å²) in [6.07, 6.45) is 3.86. The molecule has 0 unspecified atom stereocenters. The summed E-state index contributed by atoms with van der Waals surface area (Å²) < 4.78 is 7.76. The molecule has 0 bridgehead atoms. The lowest BCUT2D eigenvalue weighted by atomic mass is 10.1. The van der Waals surface area contributed by atoms with Crippen LogP contribution >= 0.6 is 0 Å². The average Bonchev–Trinajstić information content (AvgIpc) is 3.21. The largest absolute Gasteiger partial charge is 0.494 e. The molecule has 0 spiro atoms. The van der Waals surface area contributed by atoms with E-state index < -0.39 is 0 Å². The molecule has 1 N–H and O–H groups in total. The highest BCUT2D eigenvalue weighted by atomic mass is 16.5. The van der Waals surface area contributed by atoms with Gasteiger partial charge < -0.3 is 19.5 Å². The van der Waals surface area contributed by atoms with E-state index in [1.807, 2.05) is 25.1 Å². The molecule has 30 heavy (non-hydrogen) atoms. The molecule has 1 fully saturated rings. The molecule has 2 aromatic heterocycles. The molecule has 1 aliphatic heterocycles. The van der Waals surface area contributed by atoms with Gasteiger partial charge in [0.25, 0.3) is 0 Å². The molecule has 0 aliphatic carbocycles. The minimum atomic E-state index is 0.658. The van der Waals surface area contributed by atoms with E-state index in [-0.39, 0.29) is 0 Å². The van der Waals surface area contributed by atoms with Gasteiger partial charge in [0.05, 0.1) is 12.0 Å². The third-order valence-corrected chi connectivity index (χ3v) is 5.49. The van der Waals surface area contributed by atoms with Crippen LogP contribution in [0.5, 0.6) is 5.75 Å². The number of nitrogens with zero attached hydrogens (tertiary/aromatic N) is 4. The van der Waals surface area contributed by atoms with Crippen molar-refractivity contribution in [3.8, 4) is 22.6 Å². The Bertz CT molecular complexity index is 1130. The maximum atomic E-state index is 5.61. The van der Waals surface area contributed by atoms with E-state index in [0.717, 1.165) is 60.0 Å². The van der Waals surface area contributed by atoms with Crippen molar-refractivity contribution in [2.75, 3.05) is 37.7 Å². The summed E-state index contributed by atoms with van der Waals surface area (Å²) in [5.41, 5.74) is 4.28. The highest BCUT2D eigenvalue weighted by Gasteiger charge is 2.21. The molecule has 1 saturated heterocycles. The van der Waals surface area contributed by atoms with Gasteiger partial charge in [0.2, 0.25) is 0 Å². The predicted octanol–water partition coefficient (Wildman–Crippen LogP) is 3.90. The Morgan fingerprint density at radius 3 is 2.47 bits per heavy atom. The molecule has 6 nitrogen and oxygen atoms in total. The van der Waals surface area contributed by atoms with Crippen molar-refractivity contribution in [2.45, 2.75) is 6.92 Å². The van der Waals surface area contributed by atoms with Crippen molar-refractivity contribution in [3.05, 3.63) is 67.1 Å². The van der Waals surface area contributed by atoms with Gasteiger partial charge >= 0.3 is 0 Å². The minimum absolute atomic E-state index is 0.658. The number of hydrogen-bond acceptors (Lipinski definition) is 5. The lowest BCUT2D eigenvalue weighted by Gasteiger charge is -2.29. The van der Waals surface area contributed by atoms with Gasteiger partial charge in [0.15, 0.2) is 5.65 Å². The zero-order valence-electron chi connectivity index (χ0n) is 17.1. The van der Waals surface area contributed by atoms with E-state index in [0.29, 0.717) is 6.61 Å². The molecule has 4 aromatic rings. The fourth-order valence-corrected chi connectivity index (χ4v) is 4.07. The summed E-state index contributed by atoms with van der Waals surface area (Å²) in [6, 6.07) is 18.6. The van der Waals surface area contributed by atoms with E-state index in [2.05, 4.69) is 57.4 Å². The molecule has 152 valence electrons. The van der Waals surface area contributed by atoms with Crippen molar-refractivity contribution >= 4 is 16.9 Å². The summed E-state index contributed by atoms with van der Waals surface area (Å²) in [4.78, 5) is 11.8. The molecule has 0 amide bonds. The van der Waals surface area contributed by atoms with Crippen molar-refractivity contribution in [2.24, 2.45) is 0 Å². The number of anilines is 1. The van der Waals surface area contributed by atoms with Gasteiger partial charge in [0, 0.05) is 43.6 Å². The first-order chi connectivity index (χ1) is 14.8. The van der Waals surface area contributed by atoms with Gasteiger partial charge in [-0.15, -0.1) is 0 Å². The van der Waals surface area contributed by atoms with Gasteiger partial charge in [-0.2, -0.15) is 0 Å². The van der Waals surface area contributed by atoms with Crippen LogP contribution in [-0.2, 0) is 0 Å². The number of aromatic nitrogens is 3. The summed E-state index contributed by atoms with van der Waals surface area (Å²) in [7, 11) is 0. The number of fused-ring (bicyclic) bond motifs is 1. The molecule has 5 rings (SSSR count). The number of piperazine rings is 1. The van der Waals surface area contributed by atoms with Gasteiger partial charge in [-0.3, -0.25) is 0 Å². The SMILES string of the molecule is CCOc1ccc(-n2cc(-c3ccccc3)c3c(N4CCNCC4)ncnc32)cc1. The average molecular weight is 399 g/mol. The molecular weight excluding hydrogens is 374 g/mol. The number of nitrogens with one attached hydrogen (secondary N) is 1. The lowest BCUT2D eigenvalue weighted by Crippen LogP contribution is -2.44. The van der Waals surface area contributed by atoms with Crippen LogP contribution in [0.25, 0.3) is 27.8 Å². The zero-order chi connectivity index (χ0) is 20.3. The Morgan fingerprint density at radius 1 is 0.967 bits per heavy atom. The van der Waals surface area contributed by atoms with Crippen molar-refractivity contribution in [1.29, 1.82) is 0 Å². The molecule has 0 atom stereocenters. The van der Waals surface area contributed by atoms with E-state index in [1.54, 1.807) is 6.33 Å². The normalized spacial score (nSPS) is 14.2. The van der Waals surface area contributed by atoms with Gasteiger partial charge in [-0.25, -0.2) is 9.97 Å². The maximum Gasteiger partial charge on any atom is 0.150 e. The second-order valence-electron chi connectivity index (χ2n) is 7.34. The first kappa shape index (κ1) is 18.6. The van der Waals surface area contributed by atoms with Crippen LogP contribution in [0.2, 0.25) is 0 Å². The number of hydrogen-bond donors (Lipinski definition) is 1. The summed E-state index contributed by atoms with van der Waals surface area (Å²) in [5.74, 6) is 1.88. The van der Waals surface area contributed by atoms with Crippen LogP contribution in [0.1, 0.15) is 6.92 Å². The molecule has 3 heterocycles. The molecular formula is C24H25N5O. The Hall–Kier alpha value is -3.38. The third-order valence-electron chi connectivity index (χ3n) is 5.49. The van der Waals surface area contributed by atoms with Crippen LogP contribution in [-0.4, -0.2) is 47.3 Å². The van der Waals surface area contributed by atoms with Crippen molar-refractivity contribution < 1.29 is 4.74 Å². The first-order valence-electron chi connectivity index (χ1n) is 10.5. The smallest absolute Gasteiger partial charge is 0.150 e. The topological polar surface area (TPSA) is 55.2 Å². The van der Waals surface area contributed by atoms with Gasteiger partial charge in [0.1, 0.15) is 17.9 Å². The molecule has 1 aliphatic rings. The standard InChI is InChI=1S/C24H25N5O/c1-2-30-20-10-8-19(9-11-20)29-16-21(18-6-4-3-5-7-18)22-23(26-17-27-24(22)29)28-14-12-25-13-15-28/h3-11,16-17,25H,2,12-15H2,1H3. The fraction of sp³-hybridized carbons (Fsp3) is 0.250. The molecule has 2 aromatic carbocycles. The van der Waals surface area contributed by atoms with Gasteiger partial charge in [-0.05, 0) is 36.8 Å². The zero-order valence-corrected chi connectivity index (χ0v) is 17.1. The highest BCUT2D eigenvalue weighted by Crippen LogP contribution is 2.36. The van der Waals surface area contributed by atoms with E-state index in [9.17, 15) is 0 Å². The number of benzene rings is 2. The maximum absolute atomic E-state index is 5.61. The summed E-state index contributed by atoms with van der Waals surface area (Å²) in [6.45, 7) is 6.46. The monoisotopic (exact) mass is 399 g/mol. The molecule has 6 heteroatoms. The second kappa shape index (κ2) is 8.16. The van der Waals surface area contributed by atoms with E-state index in [1.165, 1.54) is 5.56 Å². The van der Waals surface area contributed by atoms with E-state index in [4.69, 9.17) is 14.7 Å². The van der Waals surface area contributed by atoms with Crippen LogP contribution in [0.15, 0.2) is 67.1 Å². The summed E-state index contributed by atoms with van der Waals surface area (Å²) >= 11 is 0.